The fourth-order valence-corrected chi connectivity index (χ4v) is 3.21. The summed E-state index contributed by atoms with van der Waals surface area (Å²) in [6, 6.07) is 0.598. The number of piperazine rings is 1. The largest absolute Gasteiger partial charge is 0.367 e. The lowest BCUT2D eigenvalue weighted by atomic mass is 10.2. The molecule has 1 saturated heterocycles. The number of halogens is 1. The molecule has 4 heteroatoms. The molecule has 72 valence electrons. The van der Waals surface area contributed by atoms with Crippen LogP contribution in [0.25, 0.3) is 0 Å². The van der Waals surface area contributed by atoms with Gasteiger partial charge in [0.1, 0.15) is 0 Å². The summed E-state index contributed by atoms with van der Waals surface area (Å²) in [6.45, 7) is 5.53. The van der Waals surface area contributed by atoms with E-state index in [0.717, 1.165) is 19.6 Å². The standard InChI is InChI=1S/C9H13BrN2S/c1-7-4-12(3-2-11-7)9-6-13-5-8(9)10/h5-7,11H,2-4H2,1H3. The van der Waals surface area contributed by atoms with E-state index in [1.807, 2.05) is 0 Å². The third kappa shape index (κ3) is 2.06. The minimum absolute atomic E-state index is 0.598. The van der Waals surface area contributed by atoms with Crippen molar-refractivity contribution in [1.82, 2.24) is 5.32 Å². The van der Waals surface area contributed by atoms with Gasteiger partial charge in [-0.05, 0) is 22.9 Å². The molecule has 0 amide bonds. The molecule has 0 bridgehead atoms. The summed E-state index contributed by atoms with van der Waals surface area (Å²) >= 11 is 5.32. The van der Waals surface area contributed by atoms with Gasteiger partial charge < -0.3 is 10.2 Å². The van der Waals surface area contributed by atoms with Crippen molar-refractivity contribution < 1.29 is 0 Å². The Kier molecular flexibility index (Phi) is 2.91. The van der Waals surface area contributed by atoms with Crippen molar-refractivity contribution in [2.24, 2.45) is 0 Å². The van der Waals surface area contributed by atoms with Crippen molar-refractivity contribution in [2.45, 2.75) is 13.0 Å². The predicted molar refractivity (Wildman–Crippen MR) is 61.7 cm³/mol. The van der Waals surface area contributed by atoms with Gasteiger partial charge in [-0.1, -0.05) is 0 Å². The Morgan fingerprint density at radius 1 is 1.62 bits per heavy atom. The van der Waals surface area contributed by atoms with Gasteiger partial charge in [0.25, 0.3) is 0 Å². The Bertz CT molecular complexity index is 287. The molecule has 1 aromatic heterocycles. The van der Waals surface area contributed by atoms with E-state index in [4.69, 9.17) is 0 Å². The first-order chi connectivity index (χ1) is 6.27. The summed E-state index contributed by atoms with van der Waals surface area (Å²) in [5, 5.41) is 7.79. The monoisotopic (exact) mass is 260 g/mol. The maximum Gasteiger partial charge on any atom is 0.0620 e. The number of thiophene rings is 1. The molecule has 2 heterocycles. The number of hydrogen-bond donors (Lipinski definition) is 1. The van der Waals surface area contributed by atoms with E-state index in [0.29, 0.717) is 6.04 Å². The summed E-state index contributed by atoms with van der Waals surface area (Å²) in [7, 11) is 0. The van der Waals surface area contributed by atoms with E-state index < -0.39 is 0 Å². The van der Waals surface area contributed by atoms with Gasteiger partial charge in [-0.15, -0.1) is 11.3 Å². The van der Waals surface area contributed by atoms with Gasteiger partial charge in [-0.3, -0.25) is 0 Å². The molecule has 0 spiro atoms. The van der Waals surface area contributed by atoms with Crippen molar-refractivity contribution in [3.05, 3.63) is 15.2 Å². The fourth-order valence-electron chi connectivity index (χ4n) is 1.65. The summed E-state index contributed by atoms with van der Waals surface area (Å²) in [5.41, 5.74) is 1.35. The van der Waals surface area contributed by atoms with Gasteiger partial charge in [-0.2, -0.15) is 0 Å². The van der Waals surface area contributed by atoms with Crippen LogP contribution in [0.15, 0.2) is 15.2 Å². The van der Waals surface area contributed by atoms with E-state index >= 15 is 0 Å². The van der Waals surface area contributed by atoms with Crippen molar-refractivity contribution in [3.8, 4) is 0 Å². The molecule has 0 aromatic carbocycles. The highest BCUT2D eigenvalue weighted by atomic mass is 79.9. The molecule has 1 aliphatic rings. The number of nitrogens with one attached hydrogen (secondary N) is 1. The van der Waals surface area contributed by atoms with E-state index in [9.17, 15) is 0 Å². The molecule has 1 N–H and O–H groups in total. The lowest BCUT2D eigenvalue weighted by molar-refractivity contribution is 0.485. The second-order valence-corrected chi connectivity index (χ2v) is 5.00. The van der Waals surface area contributed by atoms with Crippen LogP contribution in [0.3, 0.4) is 0 Å². The second-order valence-electron chi connectivity index (χ2n) is 3.41. The van der Waals surface area contributed by atoms with Gasteiger partial charge in [-0.25, -0.2) is 0 Å². The number of rotatable bonds is 1. The van der Waals surface area contributed by atoms with Crippen LogP contribution in [-0.2, 0) is 0 Å². The van der Waals surface area contributed by atoms with Crippen molar-refractivity contribution in [2.75, 3.05) is 24.5 Å². The van der Waals surface area contributed by atoms with Crippen LogP contribution >= 0.6 is 27.3 Å². The maximum atomic E-state index is 3.57. The molecule has 1 fully saturated rings. The lowest BCUT2D eigenvalue weighted by Crippen LogP contribution is -2.49. The summed E-state index contributed by atoms with van der Waals surface area (Å²) in [4.78, 5) is 2.43. The summed E-state index contributed by atoms with van der Waals surface area (Å²) in [5.74, 6) is 0. The van der Waals surface area contributed by atoms with Gasteiger partial charge in [0.15, 0.2) is 0 Å². The molecule has 2 nitrogen and oxygen atoms in total. The summed E-state index contributed by atoms with van der Waals surface area (Å²) < 4.78 is 1.23. The minimum atomic E-state index is 0.598. The predicted octanol–water partition coefficient (Wildman–Crippen LogP) is 2.31. The molecule has 0 radical (unpaired) electrons. The molecule has 0 aliphatic carbocycles. The van der Waals surface area contributed by atoms with Gasteiger partial charge >= 0.3 is 0 Å². The zero-order chi connectivity index (χ0) is 9.26. The smallest absolute Gasteiger partial charge is 0.0620 e. The van der Waals surface area contributed by atoms with Crippen LogP contribution in [-0.4, -0.2) is 25.7 Å². The highest BCUT2D eigenvalue weighted by molar-refractivity contribution is 9.10. The molecule has 1 aliphatic heterocycles. The van der Waals surface area contributed by atoms with Crippen LogP contribution in [0.1, 0.15) is 6.92 Å². The van der Waals surface area contributed by atoms with Gasteiger partial charge in [0.2, 0.25) is 0 Å². The molecule has 2 rings (SSSR count). The minimum Gasteiger partial charge on any atom is -0.367 e. The first kappa shape index (κ1) is 9.49. The van der Waals surface area contributed by atoms with Crippen molar-refractivity contribution in [3.63, 3.8) is 0 Å². The summed E-state index contributed by atoms with van der Waals surface area (Å²) in [6.07, 6.45) is 0. The third-order valence-corrected chi connectivity index (χ3v) is 3.97. The van der Waals surface area contributed by atoms with Crippen LogP contribution in [0.2, 0.25) is 0 Å². The Balaban J connectivity index is 2.12. The van der Waals surface area contributed by atoms with Gasteiger partial charge in [0, 0.05) is 36.4 Å². The first-order valence-electron chi connectivity index (χ1n) is 4.47. The zero-order valence-corrected chi connectivity index (χ0v) is 9.99. The average molecular weight is 261 g/mol. The average Bonchev–Trinajstić information content (AvgIpc) is 2.51. The number of nitrogens with zero attached hydrogens (tertiary/aromatic N) is 1. The molecular formula is C9H13BrN2S. The highest BCUT2D eigenvalue weighted by Gasteiger charge is 2.17. The Labute approximate surface area is 91.1 Å². The van der Waals surface area contributed by atoms with Gasteiger partial charge in [0.05, 0.1) is 10.2 Å². The molecule has 0 saturated carbocycles. The van der Waals surface area contributed by atoms with Crippen molar-refractivity contribution in [1.29, 1.82) is 0 Å². The third-order valence-electron chi connectivity index (χ3n) is 2.31. The Hall–Kier alpha value is -0.0600. The SMILES string of the molecule is CC1CN(c2cscc2Br)CCN1. The van der Waals surface area contributed by atoms with E-state index in [2.05, 4.69) is 43.8 Å². The van der Waals surface area contributed by atoms with Crippen LogP contribution in [0.5, 0.6) is 0 Å². The quantitative estimate of drug-likeness (QED) is 0.834. The Morgan fingerprint density at radius 3 is 3.08 bits per heavy atom. The molecule has 13 heavy (non-hydrogen) atoms. The normalized spacial score (nSPS) is 23.5. The maximum absolute atomic E-state index is 3.57. The van der Waals surface area contributed by atoms with Crippen molar-refractivity contribution >= 4 is 33.0 Å². The molecule has 1 atom stereocenters. The topological polar surface area (TPSA) is 15.3 Å². The first-order valence-corrected chi connectivity index (χ1v) is 6.21. The Morgan fingerprint density at radius 2 is 2.46 bits per heavy atom. The molecule has 1 unspecified atom stereocenters. The molecule has 1 aromatic rings. The van der Waals surface area contributed by atoms with Crippen LogP contribution in [0.4, 0.5) is 5.69 Å². The molecular weight excluding hydrogens is 248 g/mol. The highest BCUT2D eigenvalue weighted by Crippen LogP contribution is 2.30. The fraction of sp³-hybridized carbons (Fsp3) is 0.556. The number of hydrogen-bond acceptors (Lipinski definition) is 3. The van der Waals surface area contributed by atoms with E-state index in [1.54, 1.807) is 11.3 Å². The van der Waals surface area contributed by atoms with E-state index in [-0.39, 0.29) is 0 Å². The second kappa shape index (κ2) is 3.98. The lowest BCUT2D eigenvalue weighted by Gasteiger charge is -2.33. The van der Waals surface area contributed by atoms with E-state index in [1.165, 1.54) is 10.2 Å². The van der Waals surface area contributed by atoms with Crippen LogP contribution in [0, 0.1) is 0 Å². The number of anilines is 1. The zero-order valence-electron chi connectivity index (χ0n) is 7.59. The van der Waals surface area contributed by atoms with Crippen LogP contribution < -0.4 is 10.2 Å².